The van der Waals surface area contributed by atoms with Crippen LogP contribution in [0.25, 0.3) is 0 Å². The predicted octanol–water partition coefficient (Wildman–Crippen LogP) is -0.215. The first kappa shape index (κ1) is 16.7. The van der Waals surface area contributed by atoms with Crippen LogP contribution in [0.1, 0.15) is 18.5 Å². The molecule has 2 amide bonds. The Hall–Kier alpha value is -2.16. The molecule has 9 nitrogen and oxygen atoms in total. The third kappa shape index (κ3) is 4.02. The molecule has 0 atom stereocenters. The third-order valence-electron chi connectivity index (χ3n) is 4.51. The number of esters is 1. The normalized spacial score (nSPS) is 18.9. The number of hydrogen-bond acceptors (Lipinski definition) is 6. The molecule has 0 aliphatic carbocycles. The molecule has 0 N–H and O–H groups in total. The number of methoxy groups -OCH3 is 1. The molecule has 3 heterocycles. The van der Waals surface area contributed by atoms with Crippen LogP contribution in [0.4, 0.5) is 4.79 Å². The van der Waals surface area contributed by atoms with Crippen LogP contribution in [0.2, 0.25) is 0 Å². The van der Waals surface area contributed by atoms with E-state index < -0.39 is 0 Å². The summed E-state index contributed by atoms with van der Waals surface area (Å²) in [5, 5.41) is 8.02. The molecule has 0 unspecified atom stereocenters. The number of carbonyl (C=O) groups excluding carboxylic acids is 2. The van der Waals surface area contributed by atoms with E-state index in [1.165, 1.54) is 11.8 Å². The van der Waals surface area contributed by atoms with E-state index in [1.54, 1.807) is 6.20 Å². The highest BCUT2D eigenvalue weighted by atomic mass is 16.5. The van der Waals surface area contributed by atoms with E-state index in [0.717, 1.165) is 57.8 Å². The molecule has 9 heteroatoms. The van der Waals surface area contributed by atoms with Crippen LogP contribution in [0.15, 0.2) is 6.20 Å². The lowest BCUT2D eigenvalue weighted by Gasteiger charge is -2.36. The van der Waals surface area contributed by atoms with Crippen LogP contribution in [-0.4, -0.2) is 88.1 Å². The quantitative estimate of drug-likeness (QED) is 0.707. The second-order valence-electron chi connectivity index (χ2n) is 6.22. The Bertz CT molecular complexity index is 576. The molecule has 0 aromatic carbocycles. The summed E-state index contributed by atoms with van der Waals surface area (Å²) >= 11 is 0. The molecule has 3 rings (SSSR count). The second kappa shape index (κ2) is 7.61. The molecule has 0 saturated carbocycles. The van der Waals surface area contributed by atoms with Gasteiger partial charge in [0.05, 0.1) is 19.0 Å². The fourth-order valence-electron chi connectivity index (χ4n) is 3.12. The van der Waals surface area contributed by atoms with Gasteiger partial charge in [0.2, 0.25) is 0 Å². The maximum absolute atomic E-state index is 12.4. The molecule has 132 valence electrons. The van der Waals surface area contributed by atoms with Crippen LogP contribution < -0.4 is 0 Å². The molecule has 24 heavy (non-hydrogen) atoms. The fourth-order valence-corrected chi connectivity index (χ4v) is 3.12. The lowest BCUT2D eigenvalue weighted by atomic mass is 10.3. The zero-order valence-corrected chi connectivity index (χ0v) is 14.1. The minimum Gasteiger partial charge on any atom is -0.468 e. The first-order chi connectivity index (χ1) is 11.7. The van der Waals surface area contributed by atoms with Gasteiger partial charge in [0.1, 0.15) is 6.54 Å². The van der Waals surface area contributed by atoms with E-state index >= 15 is 0 Å². The van der Waals surface area contributed by atoms with Crippen molar-refractivity contribution >= 4 is 12.0 Å². The molecular weight excluding hydrogens is 312 g/mol. The highest BCUT2D eigenvalue weighted by molar-refractivity contribution is 5.74. The first-order valence-electron chi connectivity index (χ1n) is 8.38. The Morgan fingerprint density at radius 3 is 2.42 bits per heavy atom. The Kier molecular flexibility index (Phi) is 5.29. The first-order valence-corrected chi connectivity index (χ1v) is 8.38. The van der Waals surface area contributed by atoms with Gasteiger partial charge in [0.15, 0.2) is 0 Å². The van der Waals surface area contributed by atoms with E-state index in [2.05, 4.69) is 19.9 Å². The number of urea groups is 1. The van der Waals surface area contributed by atoms with Crippen molar-refractivity contribution in [2.75, 3.05) is 46.4 Å². The van der Waals surface area contributed by atoms with E-state index in [4.69, 9.17) is 0 Å². The van der Waals surface area contributed by atoms with Gasteiger partial charge in [-0.1, -0.05) is 5.21 Å². The average molecular weight is 336 g/mol. The molecule has 2 fully saturated rings. The van der Waals surface area contributed by atoms with Gasteiger partial charge in [0.25, 0.3) is 0 Å². The van der Waals surface area contributed by atoms with Crippen molar-refractivity contribution in [2.24, 2.45) is 0 Å². The number of rotatable bonds is 4. The van der Waals surface area contributed by atoms with Gasteiger partial charge >= 0.3 is 12.0 Å². The zero-order chi connectivity index (χ0) is 16.9. The topological polar surface area (TPSA) is 83.8 Å². The van der Waals surface area contributed by atoms with Crippen molar-refractivity contribution < 1.29 is 14.3 Å². The van der Waals surface area contributed by atoms with Crippen LogP contribution in [-0.2, 0) is 22.6 Å². The lowest BCUT2D eigenvalue weighted by molar-refractivity contribution is -0.141. The largest absolute Gasteiger partial charge is 0.468 e. The number of aromatic nitrogens is 3. The summed E-state index contributed by atoms with van der Waals surface area (Å²) in [4.78, 5) is 29.7. The van der Waals surface area contributed by atoms with Crippen molar-refractivity contribution in [1.29, 1.82) is 0 Å². The summed E-state index contributed by atoms with van der Waals surface area (Å²) in [6.45, 7) is 5.66. The Morgan fingerprint density at radius 1 is 1.08 bits per heavy atom. The number of piperazine rings is 1. The lowest BCUT2D eigenvalue weighted by Crippen LogP contribution is -2.52. The van der Waals surface area contributed by atoms with Gasteiger partial charge in [-0.25, -0.2) is 9.48 Å². The summed E-state index contributed by atoms with van der Waals surface area (Å²) in [5.74, 6) is -0.347. The Morgan fingerprint density at radius 2 is 1.75 bits per heavy atom. The molecule has 2 aliphatic heterocycles. The predicted molar refractivity (Wildman–Crippen MR) is 85.1 cm³/mol. The molecule has 1 aromatic heterocycles. The molecule has 0 bridgehead atoms. The minimum absolute atomic E-state index is 0.0710. The number of hydrogen-bond donors (Lipinski definition) is 0. The highest BCUT2D eigenvalue weighted by Crippen LogP contribution is 2.13. The van der Waals surface area contributed by atoms with Crippen LogP contribution >= 0.6 is 0 Å². The second-order valence-corrected chi connectivity index (χ2v) is 6.22. The van der Waals surface area contributed by atoms with Gasteiger partial charge in [-0.3, -0.25) is 9.69 Å². The van der Waals surface area contributed by atoms with E-state index in [9.17, 15) is 9.59 Å². The highest BCUT2D eigenvalue weighted by Gasteiger charge is 2.27. The Balaban J connectivity index is 1.45. The van der Waals surface area contributed by atoms with E-state index in [1.807, 2.05) is 9.80 Å². The van der Waals surface area contributed by atoms with Gasteiger partial charge in [-0.15, -0.1) is 5.10 Å². The summed E-state index contributed by atoms with van der Waals surface area (Å²) in [5.41, 5.74) is 0.818. The Labute approximate surface area is 141 Å². The van der Waals surface area contributed by atoms with Crippen LogP contribution in [0, 0.1) is 0 Å². The molecule has 1 aromatic rings. The number of amides is 2. The summed E-state index contributed by atoms with van der Waals surface area (Å²) in [7, 11) is 1.35. The molecular formula is C15H24N6O3. The zero-order valence-electron chi connectivity index (χ0n) is 14.1. The number of ether oxygens (including phenoxy) is 1. The van der Waals surface area contributed by atoms with Crippen molar-refractivity contribution in [3.63, 3.8) is 0 Å². The van der Waals surface area contributed by atoms with Gasteiger partial charge in [-0.2, -0.15) is 0 Å². The SMILES string of the molecule is COC(=O)Cn1cc(CN2CCN(C(=O)N3CCCC3)CC2)nn1. The van der Waals surface area contributed by atoms with E-state index in [0.29, 0.717) is 6.54 Å². The molecule has 2 aliphatic rings. The number of nitrogens with zero attached hydrogens (tertiary/aromatic N) is 6. The summed E-state index contributed by atoms with van der Waals surface area (Å²) in [6.07, 6.45) is 4.00. The van der Waals surface area contributed by atoms with Crippen LogP contribution in [0.3, 0.4) is 0 Å². The van der Waals surface area contributed by atoms with Crippen molar-refractivity contribution in [2.45, 2.75) is 25.9 Å². The van der Waals surface area contributed by atoms with Crippen LogP contribution in [0.5, 0.6) is 0 Å². The van der Waals surface area contributed by atoms with Gasteiger partial charge in [-0.05, 0) is 12.8 Å². The van der Waals surface area contributed by atoms with E-state index in [-0.39, 0.29) is 18.5 Å². The summed E-state index contributed by atoms with van der Waals surface area (Å²) < 4.78 is 6.09. The molecule has 0 radical (unpaired) electrons. The monoisotopic (exact) mass is 336 g/mol. The maximum atomic E-state index is 12.4. The fraction of sp³-hybridized carbons (Fsp3) is 0.733. The van der Waals surface area contributed by atoms with Gasteiger partial charge < -0.3 is 14.5 Å². The number of likely N-dealkylation sites (tertiary alicyclic amines) is 1. The molecule has 2 saturated heterocycles. The minimum atomic E-state index is -0.347. The third-order valence-corrected chi connectivity index (χ3v) is 4.51. The van der Waals surface area contributed by atoms with Crippen molar-refractivity contribution in [3.8, 4) is 0 Å². The van der Waals surface area contributed by atoms with Crippen molar-refractivity contribution in [3.05, 3.63) is 11.9 Å². The average Bonchev–Trinajstić information content (AvgIpc) is 3.27. The van der Waals surface area contributed by atoms with Crippen molar-refractivity contribution in [1.82, 2.24) is 29.7 Å². The number of carbonyl (C=O) groups is 2. The van der Waals surface area contributed by atoms with Gasteiger partial charge in [0, 0.05) is 45.8 Å². The molecule has 0 spiro atoms. The standard InChI is InChI=1S/C15H24N6O3/c1-24-14(22)12-21-11-13(16-17-21)10-18-6-8-20(9-7-18)15(23)19-4-2-3-5-19/h11H,2-10,12H2,1H3. The summed E-state index contributed by atoms with van der Waals surface area (Å²) in [6, 6.07) is 0.177. The smallest absolute Gasteiger partial charge is 0.327 e. The maximum Gasteiger partial charge on any atom is 0.327 e.